The van der Waals surface area contributed by atoms with Gasteiger partial charge in [0.05, 0.1) is 12.7 Å². The second-order valence-corrected chi connectivity index (χ2v) is 5.43. The molecule has 0 bridgehead atoms. The first kappa shape index (κ1) is 15.8. The Kier molecular flexibility index (Phi) is 5.20. The molecule has 0 saturated carbocycles. The summed E-state index contributed by atoms with van der Waals surface area (Å²) in [4.78, 5) is 12.0. The molecule has 1 amide bonds. The molecule has 0 aromatic heterocycles. The van der Waals surface area contributed by atoms with Crippen molar-refractivity contribution in [3.63, 3.8) is 0 Å². The Morgan fingerprint density at radius 2 is 2.29 bits per heavy atom. The van der Waals surface area contributed by atoms with Crippen molar-refractivity contribution >= 4 is 5.91 Å². The van der Waals surface area contributed by atoms with Crippen LogP contribution in [0.1, 0.15) is 32.3 Å². The summed E-state index contributed by atoms with van der Waals surface area (Å²) in [7, 11) is 0. The number of benzene rings is 1. The van der Waals surface area contributed by atoms with Gasteiger partial charge in [0.1, 0.15) is 11.3 Å². The highest BCUT2D eigenvalue weighted by molar-refractivity contribution is 5.86. The first-order valence-corrected chi connectivity index (χ1v) is 7.46. The van der Waals surface area contributed by atoms with E-state index in [4.69, 9.17) is 15.2 Å². The van der Waals surface area contributed by atoms with Gasteiger partial charge in [-0.1, -0.05) is 18.2 Å². The molecule has 3 N–H and O–H groups in total. The van der Waals surface area contributed by atoms with Crippen molar-refractivity contribution in [1.82, 2.24) is 5.32 Å². The number of para-hydroxylation sites is 1. The van der Waals surface area contributed by atoms with E-state index in [-0.39, 0.29) is 6.10 Å². The van der Waals surface area contributed by atoms with Crippen molar-refractivity contribution in [2.45, 2.75) is 38.3 Å². The minimum absolute atomic E-state index is 0.142. The van der Waals surface area contributed by atoms with Crippen LogP contribution in [0.3, 0.4) is 0 Å². The van der Waals surface area contributed by atoms with Crippen LogP contribution >= 0.6 is 0 Å². The summed E-state index contributed by atoms with van der Waals surface area (Å²) in [5.74, 6) is 0.258. The molecule has 2 unspecified atom stereocenters. The molecule has 5 nitrogen and oxygen atoms in total. The maximum atomic E-state index is 12.0. The van der Waals surface area contributed by atoms with Crippen LogP contribution in [0.25, 0.3) is 0 Å². The van der Waals surface area contributed by atoms with Gasteiger partial charge in [-0.05, 0) is 32.8 Å². The topological polar surface area (TPSA) is 73.6 Å². The zero-order valence-corrected chi connectivity index (χ0v) is 12.7. The zero-order chi connectivity index (χ0) is 15.3. The lowest BCUT2D eigenvalue weighted by Gasteiger charge is -2.30. The standard InChI is InChI=1S/C16H24N2O3/c1-3-20-14-9-5-4-8-13(14)16(2,15(17)19)18-11-12-7-6-10-21-12/h4-5,8-9,12,18H,3,6-7,10-11H2,1-2H3,(H2,17,19). The molecular formula is C16H24N2O3. The fraction of sp³-hybridized carbons (Fsp3) is 0.562. The molecule has 1 aromatic carbocycles. The third-order valence-electron chi connectivity index (χ3n) is 3.93. The fourth-order valence-electron chi connectivity index (χ4n) is 2.60. The quantitative estimate of drug-likeness (QED) is 0.800. The smallest absolute Gasteiger partial charge is 0.242 e. The van der Waals surface area contributed by atoms with Crippen molar-refractivity contribution in [3.8, 4) is 5.75 Å². The maximum Gasteiger partial charge on any atom is 0.242 e. The number of nitrogens with one attached hydrogen (secondary N) is 1. The molecule has 2 atom stereocenters. The van der Waals surface area contributed by atoms with Gasteiger partial charge in [0.2, 0.25) is 5.91 Å². The minimum atomic E-state index is -0.974. The van der Waals surface area contributed by atoms with Crippen LogP contribution in [-0.2, 0) is 15.1 Å². The molecule has 0 radical (unpaired) electrons. The number of hydrogen-bond acceptors (Lipinski definition) is 4. The molecule has 2 rings (SSSR count). The highest BCUT2D eigenvalue weighted by Gasteiger charge is 2.36. The van der Waals surface area contributed by atoms with Crippen LogP contribution in [0.5, 0.6) is 5.75 Å². The normalized spacial score (nSPS) is 21.0. The summed E-state index contributed by atoms with van der Waals surface area (Å²) in [5, 5.41) is 3.27. The molecule has 1 aliphatic rings. The van der Waals surface area contributed by atoms with Crippen molar-refractivity contribution in [2.75, 3.05) is 19.8 Å². The van der Waals surface area contributed by atoms with Crippen LogP contribution in [0, 0.1) is 0 Å². The number of nitrogens with two attached hydrogens (primary N) is 1. The first-order valence-electron chi connectivity index (χ1n) is 7.46. The lowest BCUT2D eigenvalue weighted by molar-refractivity contribution is -0.124. The zero-order valence-electron chi connectivity index (χ0n) is 12.7. The maximum absolute atomic E-state index is 12.0. The Hall–Kier alpha value is -1.59. The van der Waals surface area contributed by atoms with Crippen LogP contribution in [0.15, 0.2) is 24.3 Å². The number of rotatable bonds is 7. The second kappa shape index (κ2) is 6.91. The number of ether oxygens (including phenoxy) is 2. The highest BCUT2D eigenvalue weighted by atomic mass is 16.5. The molecule has 1 aliphatic heterocycles. The van der Waals surface area contributed by atoms with Gasteiger partial charge in [0.25, 0.3) is 0 Å². The number of carbonyl (C=O) groups excluding carboxylic acids is 1. The van der Waals surface area contributed by atoms with Crippen molar-refractivity contribution in [1.29, 1.82) is 0 Å². The molecule has 1 saturated heterocycles. The van der Waals surface area contributed by atoms with E-state index in [1.807, 2.05) is 31.2 Å². The molecule has 21 heavy (non-hydrogen) atoms. The van der Waals surface area contributed by atoms with Gasteiger partial charge in [-0.25, -0.2) is 0 Å². The Morgan fingerprint density at radius 1 is 1.52 bits per heavy atom. The molecule has 0 spiro atoms. The van der Waals surface area contributed by atoms with E-state index < -0.39 is 11.4 Å². The first-order chi connectivity index (χ1) is 10.1. The minimum Gasteiger partial charge on any atom is -0.494 e. The fourth-order valence-corrected chi connectivity index (χ4v) is 2.60. The Morgan fingerprint density at radius 3 is 2.90 bits per heavy atom. The van der Waals surface area contributed by atoms with E-state index in [0.717, 1.165) is 25.0 Å². The lowest BCUT2D eigenvalue weighted by Crippen LogP contribution is -2.52. The Balaban J connectivity index is 2.21. The molecular weight excluding hydrogens is 268 g/mol. The van der Waals surface area contributed by atoms with E-state index in [2.05, 4.69) is 5.32 Å². The largest absolute Gasteiger partial charge is 0.494 e. The third kappa shape index (κ3) is 3.54. The van der Waals surface area contributed by atoms with E-state index in [1.54, 1.807) is 6.92 Å². The van der Waals surface area contributed by atoms with Crippen LogP contribution in [0.2, 0.25) is 0 Å². The molecule has 0 aliphatic carbocycles. The molecule has 5 heteroatoms. The third-order valence-corrected chi connectivity index (χ3v) is 3.93. The molecule has 1 fully saturated rings. The monoisotopic (exact) mass is 292 g/mol. The van der Waals surface area contributed by atoms with Gasteiger partial charge in [-0.15, -0.1) is 0 Å². The molecule has 116 valence electrons. The summed E-state index contributed by atoms with van der Waals surface area (Å²) in [6, 6.07) is 7.49. The van der Waals surface area contributed by atoms with Gasteiger partial charge < -0.3 is 15.2 Å². The Labute approximate surface area is 125 Å². The van der Waals surface area contributed by atoms with Crippen LogP contribution in [-0.4, -0.2) is 31.8 Å². The lowest BCUT2D eigenvalue weighted by atomic mass is 9.90. The van der Waals surface area contributed by atoms with Crippen molar-refractivity contribution in [3.05, 3.63) is 29.8 Å². The average molecular weight is 292 g/mol. The number of carbonyl (C=O) groups is 1. The average Bonchev–Trinajstić information content (AvgIpc) is 2.99. The summed E-state index contributed by atoms with van der Waals surface area (Å²) in [6.45, 7) is 5.63. The SMILES string of the molecule is CCOc1ccccc1C(C)(NCC1CCCO1)C(N)=O. The summed E-state index contributed by atoms with van der Waals surface area (Å²) in [5.41, 5.74) is 5.44. The van der Waals surface area contributed by atoms with Crippen molar-refractivity contribution < 1.29 is 14.3 Å². The van der Waals surface area contributed by atoms with Gasteiger partial charge in [0.15, 0.2) is 0 Å². The van der Waals surface area contributed by atoms with Gasteiger partial charge in [0, 0.05) is 18.7 Å². The highest BCUT2D eigenvalue weighted by Crippen LogP contribution is 2.30. The van der Waals surface area contributed by atoms with Crippen LogP contribution < -0.4 is 15.8 Å². The number of hydrogen-bond donors (Lipinski definition) is 2. The predicted molar refractivity (Wildman–Crippen MR) is 81.1 cm³/mol. The van der Waals surface area contributed by atoms with E-state index in [0.29, 0.717) is 18.9 Å². The Bertz CT molecular complexity index is 486. The summed E-state index contributed by atoms with van der Waals surface area (Å²) in [6.07, 6.45) is 2.22. The molecule has 1 heterocycles. The second-order valence-electron chi connectivity index (χ2n) is 5.43. The van der Waals surface area contributed by atoms with E-state index in [9.17, 15) is 4.79 Å². The van der Waals surface area contributed by atoms with Gasteiger partial charge >= 0.3 is 0 Å². The number of primary amides is 1. The van der Waals surface area contributed by atoms with Crippen molar-refractivity contribution in [2.24, 2.45) is 5.73 Å². The van der Waals surface area contributed by atoms with E-state index in [1.165, 1.54) is 0 Å². The summed E-state index contributed by atoms with van der Waals surface area (Å²) < 4.78 is 11.2. The predicted octanol–water partition coefficient (Wildman–Crippen LogP) is 1.55. The van der Waals surface area contributed by atoms with Crippen LogP contribution in [0.4, 0.5) is 0 Å². The number of amides is 1. The van der Waals surface area contributed by atoms with Gasteiger partial charge in [-0.3, -0.25) is 10.1 Å². The molecule has 1 aromatic rings. The summed E-state index contributed by atoms with van der Waals surface area (Å²) >= 11 is 0. The van der Waals surface area contributed by atoms with E-state index >= 15 is 0 Å². The van der Waals surface area contributed by atoms with Gasteiger partial charge in [-0.2, -0.15) is 0 Å².